The smallest absolute Gasteiger partial charge is 0.308 e. The molecule has 0 spiro atoms. The molecule has 4 atom stereocenters. The summed E-state index contributed by atoms with van der Waals surface area (Å²) in [6.07, 6.45) is 3.43. The average Bonchev–Trinajstić information content (AvgIpc) is 3.01. The molecule has 0 saturated heterocycles. The lowest BCUT2D eigenvalue weighted by Crippen LogP contribution is -2.43. The topological polar surface area (TPSA) is 49.3 Å². The summed E-state index contributed by atoms with van der Waals surface area (Å²) in [5.74, 6) is 0.231. The number of thiophene rings is 1. The van der Waals surface area contributed by atoms with E-state index in [0.717, 1.165) is 19.4 Å². The van der Waals surface area contributed by atoms with E-state index in [4.69, 9.17) is 0 Å². The van der Waals surface area contributed by atoms with Crippen LogP contribution in [-0.4, -0.2) is 17.1 Å². The summed E-state index contributed by atoms with van der Waals surface area (Å²) in [7, 11) is 0. The molecule has 2 bridgehead atoms. The summed E-state index contributed by atoms with van der Waals surface area (Å²) < 4.78 is 0. The van der Waals surface area contributed by atoms with E-state index >= 15 is 0 Å². The van der Waals surface area contributed by atoms with Crippen LogP contribution in [0.2, 0.25) is 0 Å². The SMILES string of the molecule is O=C(O)C1C2CCC(C2)C1NCc1cccs1. The Morgan fingerprint density at radius 1 is 1.47 bits per heavy atom. The largest absolute Gasteiger partial charge is 0.481 e. The molecule has 3 rings (SSSR count). The van der Waals surface area contributed by atoms with Gasteiger partial charge in [-0.3, -0.25) is 4.79 Å². The number of carbonyl (C=O) groups is 1. The van der Waals surface area contributed by atoms with Crippen molar-refractivity contribution in [2.75, 3.05) is 0 Å². The molecule has 4 unspecified atom stereocenters. The van der Waals surface area contributed by atoms with Crippen molar-refractivity contribution in [2.45, 2.75) is 31.8 Å². The molecular weight excluding hydrogens is 234 g/mol. The van der Waals surface area contributed by atoms with Crippen LogP contribution in [0.15, 0.2) is 17.5 Å². The first-order valence-electron chi connectivity index (χ1n) is 6.24. The lowest BCUT2D eigenvalue weighted by molar-refractivity contribution is -0.144. The second-order valence-electron chi connectivity index (χ2n) is 5.18. The summed E-state index contributed by atoms with van der Waals surface area (Å²) in [5, 5.41) is 14.9. The van der Waals surface area contributed by atoms with Gasteiger partial charge in [-0.05, 0) is 42.5 Å². The van der Waals surface area contributed by atoms with Gasteiger partial charge in [0.1, 0.15) is 0 Å². The van der Waals surface area contributed by atoms with E-state index in [1.165, 1.54) is 11.3 Å². The Kier molecular flexibility index (Phi) is 2.92. The zero-order valence-electron chi connectivity index (χ0n) is 9.63. The quantitative estimate of drug-likeness (QED) is 0.863. The fourth-order valence-corrected chi connectivity index (χ4v) is 4.23. The van der Waals surface area contributed by atoms with Gasteiger partial charge in [0.2, 0.25) is 0 Å². The van der Waals surface area contributed by atoms with Gasteiger partial charge >= 0.3 is 5.97 Å². The lowest BCUT2D eigenvalue weighted by atomic mass is 9.84. The molecule has 2 N–H and O–H groups in total. The minimum Gasteiger partial charge on any atom is -0.481 e. The van der Waals surface area contributed by atoms with Crippen molar-refractivity contribution >= 4 is 17.3 Å². The first kappa shape index (κ1) is 11.2. The third-order valence-corrected chi connectivity index (χ3v) is 5.17. The van der Waals surface area contributed by atoms with Crippen LogP contribution in [0.1, 0.15) is 24.1 Å². The van der Waals surface area contributed by atoms with E-state index in [2.05, 4.69) is 16.8 Å². The molecule has 0 aromatic carbocycles. The molecule has 2 saturated carbocycles. The lowest BCUT2D eigenvalue weighted by Gasteiger charge is -2.28. The third kappa shape index (κ3) is 2.00. The number of hydrogen-bond acceptors (Lipinski definition) is 3. The van der Waals surface area contributed by atoms with E-state index in [1.807, 2.05) is 6.07 Å². The summed E-state index contributed by atoms with van der Waals surface area (Å²) in [4.78, 5) is 12.6. The summed E-state index contributed by atoms with van der Waals surface area (Å²) >= 11 is 1.73. The summed E-state index contributed by atoms with van der Waals surface area (Å²) in [6.45, 7) is 0.815. The Hall–Kier alpha value is -0.870. The number of fused-ring (bicyclic) bond motifs is 2. The van der Waals surface area contributed by atoms with Gasteiger partial charge in [0.05, 0.1) is 5.92 Å². The van der Waals surface area contributed by atoms with E-state index in [1.54, 1.807) is 11.3 Å². The Balaban J connectivity index is 1.67. The first-order valence-corrected chi connectivity index (χ1v) is 7.12. The molecule has 92 valence electrons. The zero-order valence-corrected chi connectivity index (χ0v) is 10.5. The number of carboxylic acid groups (broad SMARTS) is 1. The van der Waals surface area contributed by atoms with Crippen LogP contribution in [0.4, 0.5) is 0 Å². The predicted molar refractivity (Wildman–Crippen MR) is 66.9 cm³/mol. The van der Waals surface area contributed by atoms with E-state index < -0.39 is 5.97 Å². The predicted octanol–water partition coefficient (Wildman–Crippen LogP) is 2.34. The normalized spacial score (nSPS) is 35.3. The van der Waals surface area contributed by atoms with E-state index in [9.17, 15) is 9.90 Å². The highest BCUT2D eigenvalue weighted by atomic mass is 32.1. The number of aliphatic carboxylic acids is 1. The third-order valence-electron chi connectivity index (χ3n) is 4.29. The zero-order chi connectivity index (χ0) is 11.8. The number of carboxylic acids is 1. The monoisotopic (exact) mass is 251 g/mol. The van der Waals surface area contributed by atoms with Crippen LogP contribution in [0.25, 0.3) is 0 Å². The van der Waals surface area contributed by atoms with Crippen molar-refractivity contribution in [1.29, 1.82) is 0 Å². The summed E-state index contributed by atoms with van der Waals surface area (Å²) in [6, 6.07) is 4.32. The van der Waals surface area contributed by atoms with Crippen molar-refractivity contribution in [2.24, 2.45) is 17.8 Å². The van der Waals surface area contributed by atoms with E-state index in [0.29, 0.717) is 11.8 Å². The van der Waals surface area contributed by atoms with Crippen LogP contribution in [0, 0.1) is 17.8 Å². The second-order valence-corrected chi connectivity index (χ2v) is 6.22. The fourth-order valence-electron chi connectivity index (χ4n) is 3.57. The standard InChI is InChI=1S/C13H17NO2S/c15-13(16)11-8-3-4-9(6-8)12(11)14-7-10-2-1-5-17-10/h1-2,5,8-9,11-12,14H,3-4,6-7H2,(H,15,16). The van der Waals surface area contributed by atoms with Gasteiger partial charge in [0.25, 0.3) is 0 Å². The van der Waals surface area contributed by atoms with Crippen LogP contribution in [0.5, 0.6) is 0 Å². The molecule has 3 nitrogen and oxygen atoms in total. The van der Waals surface area contributed by atoms with Crippen molar-refractivity contribution in [3.8, 4) is 0 Å². The maximum Gasteiger partial charge on any atom is 0.308 e. The minimum atomic E-state index is -0.610. The molecular formula is C13H17NO2S. The van der Waals surface area contributed by atoms with Gasteiger partial charge in [-0.15, -0.1) is 11.3 Å². The second kappa shape index (κ2) is 4.42. The molecule has 17 heavy (non-hydrogen) atoms. The molecule has 2 fully saturated rings. The molecule has 1 heterocycles. The Morgan fingerprint density at radius 3 is 3.00 bits per heavy atom. The minimum absolute atomic E-state index is 0.159. The average molecular weight is 251 g/mol. The van der Waals surface area contributed by atoms with Crippen LogP contribution < -0.4 is 5.32 Å². The molecule has 0 radical (unpaired) electrons. The Labute approximate surface area is 105 Å². The van der Waals surface area contributed by atoms with Crippen molar-refractivity contribution < 1.29 is 9.90 Å². The Bertz CT molecular complexity index is 404. The Morgan fingerprint density at radius 2 is 2.29 bits per heavy atom. The maximum absolute atomic E-state index is 11.3. The summed E-state index contributed by atoms with van der Waals surface area (Å²) in [5.41, 5.74) is 0. The van der Waals surface area contributed by atoms with Gasteiger partial charge in [-0.2, -0.15) is 0 Å². The molecule has 0 aliphatic heterocycles. The maximum atomic E-state index is 11.3. The number of hydrogen-bond donors (Lipinski definition) is 2. The van der Waals surface area contributed by atoms with Crippen LogP contribution >= 0.6 is 11.3 Å². The highest BCUT2D eigenvalue weighted by molar-refractivity contribution is 7.09. The fraction of sp³-hybridized carbons (Fsp3) is 0.615. The van der Waals surface area contributed by atoms with Gasteiger partial charge in [0.15, 0.2) is 0 Å². The van der Waals surface area contributed by atoms with Gasteiger partial charge < -0.3 is 10.4 Å². The highest BCUT2D eigenvalue weighted by Crippen LogP contribution is 2.48. The first-order chi connectivity index (χ1) is 8.25. The van der Waals surface area contributed by atoms with Crippen molar-refractivity contribution in [3.05, 3.63) is 22.4 Å². The molecule has 2 aliphatic rings. The van der Waals surface area contributed by atoms with Gasteiger partial charge in [0, 0.05) is 17.5 Å². The molecule has 1 aromatic rings. The molecule has 2 aliphatic carbocycles. The number of nitrogens with one attached hydrogen (secondary N) is 1. The van der Waals surface area contributed by atoms with Crippen molar-refractivity contribution in [3.63, 3.8) is 0 Å². The van der Waals surface area contributed by atoms with E-state index in [-0.39, 0.29) is 12.0 Å². The van der Waals surface area contributed by atoms with Gasteiger partial charge in [-0.25, -0.2) is 0 Å². The van der Waals surface area contributed by atoms with Gasteiger partial charge in [-0.1, -0.05) is 6.07 Å². The molecule has 0 amide bonds. The molecule has 4 heteroatoms. The molecule has 1 aromatic heterocycles. The van der Waals surface area contributed by atoms with Crippen LogP contribution in [-0.2, 0) is 11.3 Å². The highest BCUT2D eigenvalue weighted by Gasteiger charge is 2.50. The number of rotatable bonds is 4. The van der Waals surface area contributed by atoms with Crippen LogP contribution in [0.3, 0.4) is 0 Å². The van der Waals surface area contributed by atoms with Crippen molar-refractivity contribution in [1.82, 2.24) is 5.32 Å².